The minimum absolute atomic E-state index is 0.0110. The second-order valence-corrected chi connectivity index (χ2v) is 8.09. The molecule has 1 aliphatic rings. The van der Waals surface area contributed by atoms with Crippen molar-refractivity contribution in [3.63, 3.8) is 0 Å². The molecule has 2 aromatic heterocycles. The van der Waals surface area contributed by atoms with Crippen molar-refractivity contribution in [1.82, 2.24) is 14.5 Å². The lowest BCUT2D eigenvalue weighted by Gasteiger charge is -2.23. The molecule has 6 nitrogen and oxygen atoms in total. The van der Waals surface area contributed by atoms with Gasteiger partial charge in [-0.15, -0.1) is 11.3 Å². The van der Waals surface area contributed by atoms with Gasteiger partial charge in [-0.25, -0.2) is 4.98 Å². The summed E-state index contributed by atoms with van der Waals surface area (Å²) in [4.78, 5) is 34.2. The second-order valence-electron chi connectivity index (χ2n) is 7.01. The third kappa shape index (κ3) is 3.72. The summed E-state index contributed by atoms with van der Waals surface area (Å²) in [5.41, 5.74) is 2.08. The van der Waals surface area contributed by atoms with Crippen LogP contribution < -0.4 is 5.56 Å². The average Bonchev–Trinajstić information content (AvgIpc) is 3.29. The second kappa shape index (κ2) is 8.24. The van der Waals surface area contributed by atoms with Crippen LogP contribution in [0.25, 0.3) is 10.2 Å². The van der Waals surface area contributed by atoms with Crippen molar-refractivity contribution in [3.8, 4) is 0 Å². The Balaban J connectivity index is 1.58. The zero-order chi connectivity index (χ0) is 19.5. The van der Waals surface area contributed by atoms with E-state index in [1.807, 2.05) is 30.3 Å². The molecular formula is C21H23N3O3S. The molecule has 0 saturated carbocycles. The number of aromatic nitrogens is 2. The number of hydrogen-bond acceptors (Lipinski definition) is 5. The summed E-state index contributed by atoms with van der Waals surface area (Å²) < 4.78 is 6.60. The maximum atomic E-state index is 13.0. The number of carbonyl (C=O) groups is 1. The van der Waals surface area contributed by atoms with E-state index < -0.39 is 0 Å². The first-order valence-corrected chi connectivity index (χ1v) is 10.3. The number of thiophene rings is 1. The number of nitrogens with zero attached hydrogens (tertiary/aromatic N) is 3. The van der Waals surface area contributed by atoms with E-state index in [0.29, 0.717) is 25.1 Å². The number of hydrogen-bond donors (Lipinski definition) is 0. The first-order valence-electron chi connectivity index (χ1n) is 9.47. The highest BCUT2D eigenvalue weighted by atomic mass is 32.1. The van der Waals surface area contributed by atoms with Gasteiger partial charge in [0.05, 0.1) is 18.3 Å². The highest BCUT2D eigenvalue weighted by Gasteiger charge is 2.22. The Morgan fingerprint density at radius 1 is 1.29 bits per heavy atom. The minimum atomic E-state index is -0.115. The van der Waals surface area contributed by atoms with Gasteiger partial charge < -0.3 is 9.64 Å². The van der Waals surface area contributed by atoms with E-state index in [1.165, 1.54) is 15.8 Å². The molecule has 0 saturated heterocycles. The van der Waals surface area contributed by atoms with E-state index in [9.17, 15) is 9.59 Å². The molecule has 0 unspecified atom stereocenters. The Morgan fingerprint density at radius 2 is 2.11 bits per heavy atom. The van der Waals surface area contributed by atoms with Crippen LogP contribution in [-0.4, -0.2) is 40.6 Å². The molecule has 2 heterocycles. The highest BCUT2D eigenvalue weighted by Crippen LogP contribution is 2.34. The summed E-state index contributed by atoms with van der Waals surface area (Å²) in [6, 6.07) is 9.83. The topological polar surface area (TPSA) is 64.4 Å². The van der Waals surface area contributed by atoms with Gasteiger partial charge in [-0.1, -0.05) is 30.3 Å². The number of aryl methyl sites for hydroxylation is 2. The van der Waals surface area contributed by atoms with Gasteiger partial charge >= 0.3 is 0 Å². The lowest BCUT2D eigenvalue weighted by Crippen LogP contribution is -2.38. The molecule has 1 aliphatic carbocycles. The van der Waals surface area contributed by atoms with Crippen LogP contribution in [0.3, 0.4) is 0 Å². The SMILES string of the molecule is COCCN(Cc1ccccc1)C(=O)Cn1cnc2sc3c(c2c1=O)CCC3. The number of fused-ring (bicyclic) bond motifs is 3. The maximum absolute atomic E-state index is 13.0. The number of methoxy groups -OCH3 is 1. The van der Waals surface area contributed by atoms with Gasteiger partial charge in [0.15, 0.2) is 0 Å². The standard InChI is InChI=1S/C21H23N3O3S/c1-27-11-10-23(12-15-6-3-2-4-7-15)18(25)13-24-14-22-20-19(21(24)26)16-8-5-9-17(16)28-20/h2-4,6-7,14H,5,8-13H2,1H3. The molecule has 1 aromatic carbocycles. The molecule has 0 N–H and O–H groups in total. The Kier molecular flexibility index (Phi) is 5.54. The predicted octanol–water partition coefficient (Wildman–Crippen LogP) is 2.62. The molecule has 3 aromatic rings. The van der Waals surface area contributed by atoms with Gasteiger partial charge in [0.1, 0.15) is 11.4 Å². The van der Waals surface area contributed by atoms with E-state index in [2.05, 4.69) is 4.98 Å². The fourth-order valence-corrected chi connectivity index (χ4v) is 4.89. The van der Waals surface area contributed by atoms with Crippen LogP contribution in [0.1, 0.15) is 22.4 Å². The first-order chi connectivity index (χ1) is 13.7. The Labute approximate surface area is 167 Å². The molecule has 0 bridgehead atoms. The van der Waals surface area contributed by atoms with Crippen LogP contribution in [0.2, 0.25) is 0 Å². The van der Waals surface area contributed by atoms with Crippen LogP contribution in [0, 0.1) is 0 Å². The molecule has 0 aliphatic heterocycles. The highest BCUT2D eigenvalue weighted by molar-refractivity contribution is 7.18. The first kappa shape index (κ1) is 18.8. The zero-order valence-electron chi connectivity index (χ0n) is 15.9. The quantitative estimate of drug-likeness (QED) is 0.615. The van der Waals surface area contributed by atoms with E-state index in [0.717, 1.165) is 35.2 Å². The summed E-state index contributed by atoms with van der Waals surface area (Å²) in [5.74, 6) is -0.115. The molecule has 0 spiro atoms. The molecular weight excluding hydrogens is 374 g/mol. The average molecular weight is 398 g/mol. The Bertz CT molecular complexity index is 1040. The lowest BCUT2D eigenvalue weighted by molar-refractivity contribution is -0.133. The molecule has 28 heavy (non-hydrogen) atoms. The number of rotatable bonds is 7. The fourth-order valence-electron chi connectivity index (χ4n) is 3.68. The molecule has 4 rings (SSSR count). The minimum Gasteiger partial charge on any atom is -0.383 e. The number of benzene rings is 1. The van der Waals surface area contributed by atoms with Crippen molar-refractivity contribution >= 4 is 27.5 Å². The predicted molar refractivity (Wildman–Crippen MR) is 110 cm³/mol. The van der Waals surface area contributed by atoms with Gasteiger partial charge in [-0.3, -0.25) is 14.2 Å². The van der Waals surface area contributed by atoms with Crippen LogP contribution in [0.5, 0.6) is 0 Å². The van der Waals surface area contributed by atoms with Crippen molar-refractivity contribution in [1.29, 1.82) is 0 Å². The lowest BCUT2D eigenvalue weighted by atomic mass is 10.2. The van der Waals surface area contributed by atoms with Crippen molar-refractivity contribution in [2.75, 3.05) is 20.3 Å². The van der Waals surface area contributed by atoms with Crippen molar-refractivity contribution < 1.29 is 9.53 Å². The van der Waals surface area contributed by atoms with Crippen LogP contribution in [0.4, 0.5) is 0 Å². The molecule has 0 fully saturated rings. The zero-order valence-corrected chi connectivity index (χ0v) is 16.7. The van der Waals surface area contributed by atoms with Crippen molar-refractivity contribution in [2.45, 2.75) is 32.4 Å². The molecule has 146 valence electrons. The molecule has 1 amide bonds. The summed E-state index contributed by atoms with van der Waals surface area (Å²) in [7, 11) is 1.62. The summed E-state index contributed by atoms with van der Waals surface area (Å²) in [5, 5.41) is 0.708. The third-order valence-corrected chi connectivity index (χ3v) is 6.33. The fraction of sp³-hybridized carbons (Fsp3) is 0.381. The van der Waals surface area contributed by atoms with Gasteiger partial charge in [0.25, 0.3) is 5.56 Å². The van der Waals surface area contributed by atoms with Crippen LogP contribution in [-0.2, 0) is 35.5 Å². The third-order valence-electron chi connectivity index (χ3n) is 5.13. The van der Waals surface area contributed by atoms with E-state index >= 15 is 0 Å². The summed E-state index contributed by atoms with van der Waals surface area (Å²) in [6.07, 6.45) is 4.55. The number of amides is 1. The van der Waals surface area contributed by atoms with Crippen molar-refractivity contribution in [2.24, 2.45) is 0 Å². The van der Waals surface area contributed by atoms with Crippen molar-refractivity contribution in [3.05, 3.63) is 63.0 Å². The van der Waals surface area contributed by atoms with E-state index in [1.54, 1.807) is 23.3 Å². The Morgan fingerprint density at radius 3 is 2.89 bits per heavy atom. The van der Waals surface area contributed by atoms with Crippen LogP contribution >= 0.6 is 11.3 Å². The Hall–Kier alpha value is -2.51. The van der Waals surface area contributed by atoms with Gasteiger partial charge in [-0.05, 0) is 30.4 Å². The van der Waals surface area contributed by atoms with Gasteiger partial charge in [0.2, 0.25) is 5.91 Å². The summed E-state index contributed by atoms with van der Waals surface area (Å²) in [6.45, 7) is 1.40. The molecule has 0 radical (unpaired) electrons. The van der Waals surface area contributed by atoms with E-state index in [4.69, 9.17) is 4.74 Å². The largest absolute Gasteiger partial charge is 0.383 e. The number of ether oxygens (including phenoxy) is 1. The molecule has 0 atom stereocenters. The normalized spacial score (nSPS) is 13.0. The van der Waals surface area contributed by atoms with Crippen LogP contribution in [0.15, 0.2) is 41.5 Å². The van der Waals surface area contributed by atoms with E-state index in [-0.39, 0.29) is 18.0 Å². The maximum Gasteiger partial charge on any atom is 0.262 e. The smallest absolute Gasteiger partial charge is 0.262 e. The monoisotopic (exact) mass is 397 g/mol. The number of carbonyl (C=O) groups excluding carboxylic acids is 1. The summed E-state index contributed by atoms with van der Waals surface area (Å²) >= 11 is 1.61. The molecule has 7 heteroatoms. The van der Waals surface area contributed by atoms with Gasteiger partial charge in [-0.2, -0.15) is 0 Å². The van der Waals surface area contributed by atoms with Gasteiger partial charge in [0, 0.05) is 25.1 Å².